The molecule has 1 saturated heterocycles. The Morgan fingerprint density at radius 2 is 1.74 bits per heavy atom. The number of carbonyl (C=O) groups excluding carboxylic acids is 1. The summed E-state index contributed by atoms with van der Waals surface area (Å²) in [6.07, 6.45) is 1.34. The first-order valence-electron chi connectivity index (χ1n) is 9.97. The molecule has 3 rings (SSSR count). The number of amides is 1. The van der Waals surface area contributed by atoms with Crippen molar-refractivity contribution in [3.05, 3.63) is 52.8 Å². The first-order valence-corrected chi connectivity index (χ1v) is 9.97. The largest absolute Gasteiger partial charge is 0.350 e. The van der Waals surface area contributed by atoms with Crippen molar-refractivity contribution in [1.29, 1.82) is 0 Å². The van der Waals surface area contributed by atoms with E-state index in [4.69, 9.17) is 0 Å². The SMILES string of the molecule is Cc1cc(C)n(CC(=O)NCc2ccc(CN3CC(C)CC(C)C3)cc2)n1. The van der Waals surface area contributed by atoms with Crippen LogP contribution in [0.3, 0.4) is 0 Å². The minimum Gasteiger partial charge on any atom is -0.350 e. The van der Waals surface area contributed by atoms with Crippen molar-refractivity contribution in [2.75, 3.05) is 13.1 Å². The minimum atomic E-state index is -0.0124. The molecule has 5 nitrogen and oxygen atoms in total. The molecule has 1 aromatic heterocycles. The summed E-state index contributed by atoms with van der Waals surface area (Å²) in [7, 11) is 0. The number of carbonyl (C=O) groups is 1. The average Bonchev–Trinajstić information content (AvgIpc) is 2.90. The van der Waals surface area contributed by atoms with Crippen LogP contribution in [0.15, 0.2) is 30.3 Å². The molecule has 1 aromatic carbocycles. The van der Waals surface area contributed by atoms with Crippen LogP contribution in [0, 0.1) is 25.7 Å². The molecule has 2 unspecified atom stereocenters. The first-order chi connectivity index (χ1) is 12.9. The van der Waals surface area contributed by atoms with Crippen LogP contribution < -0.4 is 5.32 Å². The van der Waals surface area contributed by atoms with Gasteiger partial charge in [-0.3, -0.25) is 14.4 Å². The number of aryl methyl sites for hydroxylation is 2. The fourth-order valence-corrected chi connectivity index (χ4v) is 4.17. The van der Waals surface area contributed by atoms with E-state index in [9.17, 15) is 4.79 Å². The number of aromatic nitrogens is 2. The zero-order valence-electron chi connectivity index (χ0n) is 17.0. The van der Waals surface area contributed by atoms with Gasteiger partial charge in [-0.1, -0.05) is 38.1 Å². The lowest BCUT2D eigenvalue weighted by molar-refractivity contribution is -0.122. The van der Waals surface area contributed by atoms with E-state index in [1.54, 1.807) is 4.68 Å². The minimum absolute atomic E-state index is 0.0124. The van der Waals surface area contributed by atoms with Crippen LogP contribution in [0.2, 0.25) is 0 Å². The second-order valence-electron chi connectivity index (χ2n) is 8.32. The van der Waals surface area contributed by atoms with Crippen LogP contribution in [0.4, 0.5) is 0 Å². The molecule has 0 spiro atoms. The average molecular weight is 369 g/mol. The van der Waals surface area contributed by atoms with Crippen LogP contribution >= 0.6 is 0 Å². The van der Waals surface area contributed by atoms with Crippen molar-refractivity contribution >= 4 is 5.91 Å². The highest BCUT2D eigenvalue weighted by atomic mass is 16.2. The highest BCUT2D eigenvalue weighted by molar-refractivity contribution is 5.75. The summed E-state index contributed by atoms with van der Waals surface area (Å²) in [5, 5.41) is 7.32. The third kappa shape index (κ3) is 5.67. The Morgan fingerprint density at radius 3 is 2.33 bits per heavy atom. The van der Waals surface area contributed by atoms with Gasteiger partial charge in [-0.2, -0.15) is 5.10 Å². The predicted molar refractivity (Wildman–Crippen MR) is 108 cm³/mol. The van der Waals surface area contributed by atoms with E-state index in [0.717, 1.165) is 35.3 Å². The van der Waals surface area contributed by atoms with Crippen molar-refractivity contribution < 1.29 is 4.79 Å². The highest BCUT2D eigenvalue weighted by Crippen LogP contribution is 2.22. The molecule has 1 N–H and O–H groups in total. The molecule has 0 radical (unpaired) electrons. The monoisotopic (exact) mass is 368 g/mol. The summed E-state index contributed by atoms with van der Waals surface area (Å²) in [6.45, 7) is 12.8. The molecule has 1 aliphatic rings. The van der Waals surface area contributed by atoms with Crippen LogP contribution in [0.5, 0.6) is 0 Å². The Bertz CT molecular complexity index is 755. The molecule has 1 amide bonds. The van der Waals surface area contributed by atoms with E-state index in [2.05, 4.69) is 53.4 Å². The van der Waals surface area contributed by atoms with Gasteiger partial charge < -0.3 is 5.32 Å². The summed E-state index contributed by atoms with van der Waals surface area (Å²) in [5.74, 6) is 1.55. The Labute approximate surface area is 162 Å². The van der Waals surface area contributed by atoms with E-state index in [1.165, 1.54) is 25.1 Å². The van der Waals surface area contributed by atoms with Gasteiger partial charge >= 0.3 is 0 Å². The Hall–Kier alpha value is -2.14. The van der Waals surface area contributed by atoms with Gasteiger partial charge in [-0.05, 0) is 49.3 Å². The van der Waals surface area contributed by atoms with Gasteiger partial charge in [0, 0.05) is 31.9 Å². The molecule has 2 aromatic rings. The number of hydrogen-bond acceptors (Lipinski definition) is 3. The number of nitrogens with zero attached hydrogens (tertiary/aromatic N) is 3. The number of hydrogen-bond donors (Lipinski definition) is 1. The molecule has 1 aliphatic heterocycles. The quantitative estimate of drug-likeness (QED) is 0.851. The lowest BCUT2D eigenvalue weighted by atomic mass is 9.91. The summed E-state index contributed by atoms with van der Waals surface area (Å²) >= 11 is 0. The number of likely N-dealkylation sites (tertiary alicyclic amines) is 1. The Balaban J connectivity index is 1.47. The molecule has 27 heavy (non-hydrogen) atoms. The van der Waals surface area contributed by atoms with Crippen LogP contribution in [-0.4, -0.2) is 33.7 Å². The van der Waals surface area contributed by atoms with Crippen molar-refractivity contribution in [2.24, 2.45) is 11.8 Å². The summed E-state index contributed by atoms with van der Waals surface area (Å²) in [6, 6.07) is 10.6. The van der Waals surface area contributed by atoms with E-state index in [1.807, 2.05) is 19.9 Å². The summed E-state index contributed by atoms with van der Waals surface area (Å²) in [4.78, 5) is 14.7. The summed E-state index contributed by atoms with van der Waals surface area (Å²) < 4.78 is 1.74. The molecule has 5 heteroatoms. The number of benzene rings is 1. The first kappa shape index (κ1) is 19.6. The third-order valence-electron chi connectivity index (χ3n) is 5.26. The zero-order chi connectivity index (χ0) is 19.4. The second-order valence-corrected chi connectivity index (χ2v) is 8.32. The number of rotatable bonds is 6. The topological polar surface area (TPSA) is 50.2 Å². The fourth-order valence-electron chi connectivity index (χ4n) is 4.17. The number of nitrogens with one attached hydrogen (secondary N) is 1. The molecular formula is C22H32N4O. The predicted octanol–water partition coefficient (Wildman–Crippen LogP) is 3.29. The van der Waals surface area contributed by atoms with Crippen molar-refractivity contribution in [3.8, 4) is 0 Å². The van der Waals surface area contributed by atoms with E-state index in [0.29, 0.717) is 6.54 Å². The molecule has 146 valence electrons. The summed E-state index contributed by atoms with van der Waals surface area (Å²) in [5.41, 5.74) is 4.41. The molecule has 2 heterocycles. The van der Waals surface area contributed by atoms with Crippen LogP contribution in [0.1, 0.15) is 42.8 Å². The van der Waals surface area contributed by atoms with Crippen molar-refractivity contribution in [1.82, 2.24) is 20.0 Å². The molecule has 1 fully saturated rings. The van der Waals surface area contributed by atoms with E-state index < -0.39 is 0 Å². The Kier molecular flexibility index (Phi) is 6.32. The number of piperidine rings is 1. The Morgan fingerprint density at radius 1 is 1.11 bits per heavy atom. The maximum Gasteiger partial charge on any atom is 0.242 e. The molecule has 0 saturated carbocycles. The van der Waals surface area contributed by atoms with Crippen molar-refractivity contribution in [2.45, 2.75) is 53.8 Å². The normalized spacial score (nSPS) is 20.6. The zero-order valence-corrected chi connectivity index (χ0v) is 17.0. The van der Waals surface area contributed by atoms with Gasteiger partial charge in [0.2, 0.25) is 5.91 Å². The van der Waals surface area contributed by atoms with Gasteiger partial charge in [0.25, 0.3) is 0 Å². The van der Waals surface area contributed by atoms with E-state index in [-0.39, 0.29) is 12.5 Å². The molecule has 0 bridgehead atoms. The second kappa shape index (κ2) is 8.70. The molecular weight excluding hydrogens is 336 g/mol. The van der Waals surface area contributed by atoms with E-state index >= 15 is 0 Å². The van der Waals surface area contributed by atoms with Crippen molar-refractivity contribution in [3.63, 3.8) is 0 Å². The highest BCUT2D eigenvalue weighted by Gasteiger charge is 2.21. The molecule has 2 atom stereocenters. The maximum absolute atomic E-state index is 12.2. The maximum atomic E-state index is 12.2. The molecule has 0 aliphatic carbocycles. The smallest absolute Gasteiger partial charge is 0.242 e. The van der Waals surface area contributed by atoms with Gasteiger partial charge in [0.1, 0.15) is 6.54 Å². The van der Waals surface area contributed by atoms with Gasteiger partial charge in [0.15, 0.2) is 0 Å². The fraction of sp³-hybridized carbons (Fsp3) is 0.545. The van der Waals surface area contributed by atoms with Crippen LogP contribution in [-0.2, 0) is 24.4 Å². The van der Waals surface area contributed by atoms with Crippen LogP contribution in [0.25, 0.3) is 0 Å². The van der Waals surface area contributed by atoms with Gasteiger partial charge in [-0.15, -0.1) is 0 Å². The lowest BCUT2D eigenvalue weighted by Crippen LogP contribution is -2.38. The standard InChI is InChI=1S/C22H32N4O/c1-16-9-17(2)13-25(12-16)14-21-7-5-20(6-8-21)11-23-22(27)15-26-19(4)10-18(3)24-26/h5-8,10,16-17H,9,11-15H2,1-4H3,(H,23,27). The lowest BCUT2D eigenvalue weighted by Gasteiger charge is -2.35. The van der Waals surface area contributed by atoms with Gasteiger partial charge in [0.05, 0.1) is 5.69 Å². The third-order valence-corrected chi connectivity index (χ3v) is 5.26. The van der Waals surface area contributed by atoms with Gasteiger partial charge in [-0.25, -0.2) is 0 Å².